The van der Waals surface area contributed by atoms with Crippen molar-refractivity contribution in [3.63, 3.8) is 0 Å². The van der Waals surface area contributed by atoms with Crippen LogP contribution in [0.3, 0.4) is 0 Å². The molecule has 0 spiro atoms. The second kappa shape index (κ2) is 19.6. The van der Waals surface area contributed by atoms with Gasteiger partial charge in [-0.3, -0.25) is 9.59 Å². The summed E-state index contributed by atoms with van der Waals surface area (Å²) in [6, 6.07) is 12.1. The molecule has 378 valence electrons. The zero-order chi connectivity index (χ0) is 50.0. The van der Waals surface area contributed by atoms with Crippen LogP contribution in [0.2, 0.25) is 5.15 Å². The van der Waals surface area contributed by atoms with Gasteiger partial charge in [0.25, 0.3) is 0 Å². The fourth-order valence-corrected chi connectivity index (χ4v) is 12.7. The standard InChI is InChI=1S/C53H65ClN8O9/c1-25-9-15-40(61(25)50(63)44(58-52(65)67-7)33-17-27(3)70-28(4)18-33)48-55-39-14-12-31-22-38-36-13-11-32(21-35(36)24-69-42(38)23-37(31)46(39)57-48)43-47(54)60-49(56-43)41-16-10-26(2)62(41)51(64)45(59-53(66)68-8)34-19-29(5)71-30(6)20-34/h11-14,21-23,25-30,33-34,40-41,44-45H,9-10,15-20,24H2,1-8H3,(H,55,57)(H,56,60)(H,58,65)(H,59,66)/t25-,26-,27+,28+,29+,30+,40-,41-,44-,45-/m0/s1. The molecule has 0 bridgehead atoms. The predicted molar refractivity (Wildman–Crippen MR) is 267 cm³/mol. The number of ether oxygens (including phenoxy) is 5. The number of imidazole rings is 2. The van der Waals surface area contributed by atoms with Crippen molar-refractivity contribution in [3.8, 4) is 28.1 Å². The summed E-state index contributed by atoms with van der Waals surface area (Å²) in [5, 5.41) is 8.05. The molecule has 3 aromatic carbocycles. The van der Waals surface area contributed by atoms with E-state index in [1.807, 2.05) is 56.6 Å². The first-order chi connectivity index (χ1) is 34.1. The highest BCUT2D eigenvalue weighted by Gasteiger charge is 2.46. The summed E-state index contributed by atoms with van der Waals surface area (Å²) in [6.45, 7) is 12.4. The maximum atomic E-state index is 14.6. The number of fused-ring (bicyclic) bond motifs is 6. The molecule has 18 heteroatoms. The number of H-pyrrole nitrogens is 2. The smallest absolute Gasteiger partial charge is 0.407 e. The molecule has 5 aliphatic heterocycles. The predicted octanol–water partition coefficient (Wildman–Crippen LogP) is 9.28. The summed E-state index contributed by atoms with van der Waals surface area (Å²) < 4.78 is 28.4. The minimum Gasteiger partial charge on any atom is -0.488 e. The molecule has 0 radical (unpaired) electrons. The van der Waals surface area contributed by atoms with Crippen molar-refractivity contribution in [3.05, 3.63) is 64.8 Å². The molecule has 4 fully saturated rings. The van der Waals surface area contributed by atoms with Gasteiger partial charge in [-0.2, -0.15) is 0 Å². The van der Waals surface area contributed by atoms with Gasteiger partial charge in [0, 0.05) is 28.6 Å². The number of aromatic nitrogens is 4. The molecule has 0 unspecified atom stereocenters. The molecular weight excluding hydrogens is 928 g/mol. The largest absolute Gasteiger partial charge is 0.488 e. The molecule has 4 N–H and O–H groups in total. The van der Waals surface area contributed by atoms with Gasteiger partial charge in [0.15, 0.2) is 0 Å². The number of amides is 4. The van der Waals surface area contributed by atoms with E-state index in [2.05, 4.69) is 57.9 Å². The number of carbonyl (C=O) groups excluding carboxylic acids is 4. The molecule has 4 amide bonds. The third-order valence-electron chi connectivity index (χ3n) is 15.7. The quantitative estimate of drug-likeness (QED) is 0.110. The Balaban J connectivity index is 0.903. The van der Waals surface area contributed by atoms with Crippen molar-refractivity contribution in [2.45, 2.75) is 160 Å². The van der Waals surface area contributed by atoms with Gasteiger partial charge < -0.3 is 54.1 Å². The highest BCUT2D eigenvalue weighted by molar-refractivity contribution is 6.32. The van der Waals surface area contributed by atoms with Crippen LogP contribution in [0.1, 0.15) is 122 Å². The van der Waals surface area contributed by atoms with Crippen molar-refractivity contribution in [1.82, 2.24) is 40.4 Å². The number of hydrogen-bond donors (Lipinski definition) is 4. The maximum Gasteiger partial charge on any atom is 0.407 e. The average Bonchev–Trinajstić information content (AvgIpc) is 4.15. The van der Waals surface area contributed by atoms with Crippen LogP contribution in [0.4, 0.5) is 9.59 Å². The molecule has 7 heterocycles. The van der Waals surface area contributed by atoms with Gasteiger partial charge in [0.2, 0.25) is 11.8 Å². The van der Waals surface area contributed by atoms with Crippen LogP contribution in [-0.4, -0.2) is 117 Å². The first-order valence-electron chi connectivity index (χ1n) is 25.2. The van der Waals surface area contributed by atoms with Crippen molar-refractivity contribution < 1.29 is 42.9 Å². The normalized spacial score (nSPS) is 28.2. The number of likely N-dealkylation sites (tertiary alicyclic amines) is 2. The highest BCUT2D eigenvalue weighted by Crippen LogP contribution is 2.45. The fraction of sp³-hybridized carbons (Fsp3) is 0.547. The van der Waals surface area contributed by atoms with E-state index < -0.39 is 24.3 Å². The van der Waals surface area contributed by atoms with Crippen molar-refractivity contribution >= 4 is 57.4 Å². The number of carbonyl (C=O) groups is 4. The Kier molecular flexibility index (Phi) is 13.4. The van der Waals surface area contributed by atoms with E-state index in [0.29, 0.717) is 61.2 Å². The number of nitrogens with one attached hydrogen (secondary N) is 4. The lowest BCUT2D eigenvalue weighted by Gasteiger charge is -2.39. The summed E-state index contributed by atoms with van der Waals surface area (Å²) in [4.78, 5) is 75.4. The maximum absolute atomic E-state index is 14.6. The molecule has 0 saturated carbocycles. The van der Waals surface area contributed by atoms with Crippen LogP contribution in [0, 0.1) is 11.8 Å². The van der Waals surface area contributed by atoms with Crippen LogP contribution >= 0.6 is 11.6 Å². The Morgan fingerprint density at radius 1 is 0.690 bits per heavy atom. The first-order valence-corrected chi connectivity index (χ1v) is 25.6. The number of nitrogens with zero attached hydrogens (tertiary/aromatic N) is 4. The fourth-order valence-electron chi connectivity index (χ4n) is 12.5. The lowest BCUT2D eigenvalue weighted by Crippen LogP contribution is -2.55. The lowest BCUT2D eigenvalue weighted by atomic mass is 9.85. The number of halogens is 1. The average molecular weight is 994 g/mol. The van der Waals surface area contributed by atoms with Crippen LogP contribution in [0.15, 0.2) is 42.5 Å². The van der Waals surface area contributed by atoms with Crippen molar-refractivity contribution in [2.75, 3.05) is 14.2 Å². The molecular formula is C53H65ClN8O9. The van der Waals surface area contributed by atoms with Gasteiger partial charge >= 0.3 is 12.2 Å². The van der Waals surface area contributed by atoms with Gasteiger partial charge in [0.05, 0.1) is 61.8 Å². The van der Waals surface area contributed by atoms with E-state index in [4.69, 9.17) is 45.3 Å². The lowest BCUT2D eigenvalue weighted by molar-refractivity contribution is -0.141. The highest BCUT2D eigenvalue weighted by atomic mass is 35.5. The molecule has 0 aliphatic carbocycles. The van der Waals surface area contributed by atoms with Gasteiger partial charge in [-0.15, -0.1) is 0 Å². The SMILES string of the molecule is COC(=O)N[C@H](C(=O)N1[C@@H](C)CC[C@H]1c1nc(-c2ccc3c(c2)COc2cc4c(ccc5[nH]c([C@@H]6CC[C@H](C)N6C(=O)[C@@H](NC(=O)OC)C6C[C@@H](C)O[C@H](C)C6)nc54)cc2-3)c(Cl)[nH]1)C1C[C@@H](C)O[C@H](C)C1. The summed E-state index contributed by atoms with van der Waals surface area (Å²) in [5.74, 6) is 1.47. The summed E-state index contributed by atoms with van der Waals surface area (Å²) in [7, 11) is 2.62. The molecule has 2 aromatic heterocycles. The molecule has 4 saturated heterocycles. The molecule has 5 aromatic rings. The van der Waals surface area contributed by atoms with E-state index >= 15 is 0 Å². The molecule has 10 atom stereocenters. The number of methoxy groups -OCH3 is 2. The number of benzene rings is 3. The number of alkyl carbamates (subject to hydrolysis) is 2. The Morgan fingerprint density at radius 3 is 1.79 bits per heavy atom. The minimum atomic E-state index is -0.787. The number of rotatable bonds is 9. The molecule has 71 heavy (non-hydrogen) atoms. The monoisotopic (exact) mass is 992 g/mol. The third kappa shape index (κ3) is 9.29. The van der Waals surface area contributed by atoms with Crippen LogP contribution in [-0.2, 0) is 35.1 Å². The Labute approximate surface area is 418 Å². The van der Waals surface area contributed by atoms with E-state index in [1.165, 1.54) is 14.2 Å². The van der Waals surface area contributed by atoms with E-state index in [9.17, 15) is 19.2 Å². The van der Waals surface area contributed by atoms with Gasteiger partial charge in [-0.05, 0) is 146 Å². The minimum absolute atomic E-state index is 0.0428. The van der Waals surface area contributed by atoms with Crippen LogP contribution in [0.5, 0.6) is 5.75 Å². The Bertz CT molecular complexity index is 2850. The first kappa shape index (κ1) is 48.7. The second-order valence-corrected chi connectivity index (χ2v) is 21.1. The topological polar surface area (TPSA) is 202 Å². The van der Waals surface area contributed by atoms with Gasteiger partial charge in [-0.1, -0.05) is 29.8 Å². The van der Waals surface area contributed by atoms with E-state index in [1.54, 1.807) is 0 Å². The zero-order valence-electron chi connectivity index (χ0n) is 41.7. The summed E-state index contributed by atoms with van der Waals surface area (Å²) >= 11 is 6.96. The van der Waals surface area contributed by atoms with Crippen molar-refractivity contribution in [1.29, 1.82) is 0 Å². The van der Waals surface area contributed by atoms with Gasteiger partial charge in [-0.25, -0.2) is 19.6 Å². The Hall–Kier alpha value is -5.91. The summed E-state index contributed by atoms with van der Waals surface area (Å²) in [6.07, 6.45) is 4.05. The number of hydrogen-bond acceptors (Lipinski definition) is 11. The Morgan fingerprint density at radius 2 is 1.24 bits per heavy atom. The van der Waals surface area contributed by atoms with Crippen LogP contribution in [0.25, 0.3) is 44.2 Å². The van der Waals surface area contributed by atoms with Gasteiger partial charge in [0.1, 0.15) is 46.9 Å². The summed E-state index contributed by atoms with van der Waals surface area (Å²) in [5.41, 5.74) is 6.00. The van der Waals surface area contributed by atoms with E-state index in [-0.39, 0.29) is 72.2 Å². The second-order valence-electron chi connectivity index (χ2n) is 20.7. The number of aromatic amines is 2. The molecule has 17 nitrogen and oxygen atoms in total. The third-order valence-corrected chi connectivity index (χ3v) is 15.9. The van der Waals surface area contributed by atoms with Crippen LogP contribution < -0.4 is 15.4 Å². The van der Waals surface area contributed by atoms with Crippen molar-refractivity contribution in [2.24, 2.45) is 11.8 Å². The molecule has 5 aliphatic rings. The zero-order valence-corrected chi connectivity index (χ0v) is 42.4. The van der Waals surface area contributed by atoms with E-state index in [0.717, 1.165) is 69.1 Å². The molecule has 10 rings (SSSR count).